The van der Waals surface area contributed by atoms with Gasteiger partial charge in [-0.3, -0.25) is 19.6 Å². The summed E-state index contributed by atoms with van der Waals surface area (Å²) >= 11 is 0. The van der Waals surface area contributed by atoms with Crippen molar-refractivity contribution in [2.24, 2.45) is 5.73 Å². The van der Waals surface area contributed by atoms with E-state index in [1.54, 1.807) is 42.5 Å². The number of amides is 3. The molecule has 0 aliphatic heterocycles. The van der Waals surface area contributed by atoms with Crippen molar-refractivity contribution in [2.45, 2.75) is 18.8 Å². The summed E-state index contributed by atoms with van der Waals surface area (Å²) in [6.45, 7) is -0.176. The number of carbonyl (C=O) groups is 3. The number of alkyl halides is 3. The number of hydrogen-bond acceptors (Lipinski definition) is 6. The van der Waals surface area contributed by atoms with E-state index in [0.717, 1.165) is 12.1 Å². The van der Waals surface area contributed by atoms with Gasteiger partial charge in [0.25, 0.3) is 11.8 Å². The number of hydrogen-bond donors (Lipinski definition) is 6. The summed E-state index contributed by atoms with van der Waals surface area (Å²) in [7, 11) is 0. The predicted molar refractivity (Wildman–Crippen MR) is 141 cm³/mol. The lowest BCUT2D eigenvalue weighted by Gasteiger charge is -2.14. The van der Waals surface area contributed by atoms with E-state index in [-0.39, 0.29) is 31.1 Å². The molecule has 0 saturated carbocycles. The Balaban J connectivity index is 1.49. The molecule has 0 fully saturated rings. The number of hydroxylamine groups is 1. The van der Waals surface area contributed by atoms with E-state index >= 15 is 0 Å². The first-order valence-corrected chi connectivity index (χ1v) is 11.9. The molecule has 1 atom stereocenters. The van der Waals surface area contributed by atoms with Crippen molar-refractivity contribution in [3.8, 4) is 11.8 Å². The van der Waals surface area contributed by atoms with Gasteiger partial charge in [-0.15, -0.1) is 0 Å². The molecular formula is C28H26F3N5O4. The van der Waals surface area contributed by atoms with Gasteiger partial charge in [-0.05, 0) is 60.2 Å². The molecule has 9 nitrogen and oxygen atoms in total. The number of nitrogens with two attached hydrogens (primary N) is 1. The summed E-state index contributed by atoms with van der Waals surface area (Å²) in [4.78, 5) is 35.9. The summed E-state index contributed by atoms with van der Waals surface area (Å²) in [5.41, 5.74) is 8.64. The highest BCUT2D eigenvalue weighted by Gasteiger charge is 2.30. The second kappa shape index (κ2) is 13.9. The maximum Gasteiger partial charge on any atom is 0.416 e. The molecule has 40 heavy (non-hydrogen) atoms. The molecule has 0 heterocycles. The second-order valence-electron chi connectivity index (χ2n) is 8.49. The van der Waals surface area contributed by atoms with Gasteiger partial charge in [-0.25, -0.2) is 5.48 Å². The lowest BCUT2D eigenvalue weighted by molar-refractivity contribution is -0.137. The van der Waals surface area contributed by atoms with E-state index in [1.165, 1.54) is 23.7 Å². The molecule has 208 valence electrons. The van der Waals surface area contributed by atoms with Crippen LogP contribution < -0.4 is 27.2 Å². The molecule has 0 aromatic heterocycles. The molecule has 12 heteroatoms. The highest BCUT2D eigenvalue weighted by atomic mass is 19.4. The van der Waals surface area contributed by atoms with Crippen LogP contribution in [0.5, 0.6) is 0 Å². The maximum absolute atomic E-state index is 12.8. The predicted octanol–water partition coefficient (Wildman–Crippen LogP) is 2.40. The zero-order valence-corrected chi connectivity index (χ0v) is 21.0. The summed E-state index contributed by atoms with van der Waals surface area (Å²) in [5, 5.41) is 16.6. The largest absolute Gasteiger partial charge is 0.416 e. The van der Waals surface area contributed by atoms with Crippen LogP contribution in [-0.2, 0) is 22.3 Å². The molecular weight excluding hydrogens is 527 g/mol. The van der Waals surface area contributed by atoms with Gasteiger partial charge in [0.1, 0.15) is 6.04 Å². The fraction of sp³-hybridized carbons (Fsp3) is 0.179. The molecule has 0 unspecified atom stereocenters. The maximum atomic E-state index is 12.8. The summed E-state index contributed by atoms with van der Waals surface area (Å²) < 4.78 is 38.4. The molecule has 0 spiro atoms. The SMILES string of the molecule is NC[C@H](NC(=O)c1ccc(C#Cc2ccc(NC(=O)CNCc3cccc(C(F)(F)F)c3)cc2)cc1)C(=O)NO. The van der Waals surface area contributed by atoms with Crippen molar-refractivity contribution in [1.82, 2.24) is 16.1 Å². The highest BCUT2D eigenvalue weighted by Crippen LogP contribution is 2.29. The lowest BCUT2D eigenvalue weighted by atomic mass is 10.1. The fourth-order valence-electron chi connectivity index (χ4n) is 3.42. The molecule has 0 radical (unpaired) electrons. The third-order valence-corrected chi connectivity index (χ3v) is 5.50. The zero-order chi connectivity index (χ0) is 29.1. The summed E-state index contributed by atoms with van der Waals surface area (Å²) in [5.74, 6) is 4.20. The minimum atomic E-state index is -4.43. The molecule has 3 amide bonds. The Morgan fingerprint density at radius 3 is 2.12 bits per heavy atom. The average molecular weight is 554 g/mol. The van der Waals surface area contributed by atoms with Crippen molar-refractivity contribution in [3.05, 3.63) is 101 Å². The number of carbonyl (C=O) groups excluding carboxylic acids is 3. The van der Waals surface area contributed by atoms with Gasteiger partial charge >= 0.3 is 6.18 Å². The second-order valence-corrected chi connectivity index (χ2v) is 8.49. The number of halogens is 3. The molecule has 3 rings (SSSR count). The first kappa shape index (κ1) is 29.9. The first-order chi connectivity index (χ1) is 19.1. The van der Waals surface area contributed by atoms with Crippen molar-refractivity contribution in [3.63, 3.8) is 0 Å². The number of benzene rings is 3. The van der Waals surface area contributed by atoms with Crippen LogP contribution in [-0.4, -0.2) is 42.1 Å². The Labute approximate surface area is 227 Å². The topological polar surface area (TPSA) is 146 Å². The molecule has 3 aromatic carbocycles. The van der Waals surface area contributed by atoms with Gasteiger partial charge in [0.05, 0.1) is 12.1 Å². The molecule has 0 saturated heterocycles. The Morgan fingerprint density at radius 1 is 0.925 bits per heavy atom. The standard InChI is InChI=1S/C28H26F3N5O4/c29-28(30,31)22-3-1-2-20(14-22)16-33-17-25(37)34-23-12-8-19(9-13-23)5-4-18-6-10-21(11-7-18)26(38)35-24(15-32)27(39)36-40/h1-3,6-14,24,33,40H,15-17,32H2,(H,34,37)(H,35,38)(H,36,39)/t24-/m0/s1. The minimum Gasteiger partial charge on any atom is -0.339 e. The average Bonchev–Trinajstić information content (AvgIpc) is 2.95. The van der Waals surface area contributed by atoms with Gasteiger partial charge in [0.15, 0.2) is 0 Å². The van der Waals surface area contributed by atoms with Crippen LogP contribution in [0.3, 0.4) is 0 Å². The highest BCUT2D eigenvalue weighted by molar-refractivity contribution is 5.97. The van der Waals surface area contributed by atoms with Gasteiger partial charge in [0.2, 0.25) is 5.91 Å². The molecule has 0 aliphatic rings. The van der Waals surface area contributed by atoms with E-state index in [1.807, 2.05) is 0 Å². The van der Waals surface area contributed by atoms with Crippen molar-refractivity contribution < 1.29 is 32.8 Å². The molecule has 7 N–H and O–H groups in total. The summed E-state index contributed by atoms with van der Waals surface area (Å²) in [6.07, 6.45) is -4.43. The van der Waals surface area contributed by atoms with Crippen LogP contribution >= 0.6 is 0 Å². The Hall–Kier alpha value is -4.70. The van der Waals surface area contributed by atoms with Crippen LogP contribution in [0, 0.1) is 11.8 Å². The Bertz CT molecular complexity index is 1400. The number of nitrogens with one attached hydrogen (secondary N) is 4. The van der Waals surface area contributed by atoms with E-state index < -0.39 is 29.6 Å². The third kappa shape index (κ3) is 8.95. The fourth-order valence-corrected chi connectivity index (χ4v) is 3.42. The van der Waals surface area contributed by atoms with E-state index in [0.29, 0.717) is 22.4 Å². The van der Waals surface area contributed by atoms with Crippen LogP contribution in [0.4, 0.5) is 18.9 Å². The normalized spacial score (nSPS) is 11.5. The van der Waals surface area contributed by atoms with Gasteiger partial charge in [-0.2, -0.15) is 13.2 Å². The molecule has 0 bridgehead atoms. The first-order valence-electron chi connectivity index (χ1n) is 11.9. The van der Waals surface area contributed by atoms with E-state index in [2.05, 4.69) is 27.8 Å². The van der Waals surface area contributed by atoms with Crippen LogP contribution in [0.25, 0.3) is 0 Å². The number of rotatable bonds is 9. The lowest BCUT2D eigenvalue weighted by Crippen LogP contribution is -2.50. The zero-order valence-electron chi connectivity index (χ0n) is 21.0. The van der Waals surface area contributed by atoms with Crippen LogP contribution in [0.1, 0.15) is 32.6 Å². The van der Waals surface area contributed by atoms with E-state index in [9.17, 15) is 27.6 Å². The van der Waals surface area contributed by atoms with Gasteiger partial charge in [-0.1, -0.05) is 30.0 Å². The van der Waals surface area contributed by atoms with Crippen molar-refractivity contribution in [1.29, 1.82) is 0 Å². The minimum absolute atomic E-state index is 0.0899. The molecule has 0 aliphatic carbocycles. The Morgan fingerprint density at radius 2 is 1.55 bits per heavy atom. The number of anilines is 1. The van der Waals surface area contributed by atoms with Crippen molar-refractivity contribution in [2.75, 3.05) is 18.4 Å². The van der Waals surface area contributed by atoms with Gasteiger partial charge in [0, 0.05) is 35.5 Å². The van der Waals surface area contributed by atoms with Crippen molar-refractivity contribution >= 4 is 23.4 Å². The molecule has 3 aromatic rings. The smallest absolute Gasteiger partial charge is 0.339 e. The van der Waals surface area contributed by atoms with Gasteiger partial charge < -0.3 is 21.7 Å². The third-order valence-electron chi connectivity index (χ3n) is 5.50. The summed E-state index contributed by atoms with van der Waals surface area (Å²) in [6, 6.07) is 16.9. The quantitative estimate of drug-likeness (QED) is 0.136. The van der Waals surface area contributed by atoms with E-state index in [4.69, 9.17) is 10.9 Å². The van der Waals surface area contributed by atoms with Crippen LogP contribution in [0.2, 0.25) is 0 Å². The Kier molecular flexibility index (Phi) is 10.4. The monoisotopic (exact) mass is 553 g/mol. The van der Waals surface area contributed by atoms with Crippen LogP contribution in [0.15, 0.2) is 72.8 Å².